The normalized spacial score (nSPS) is 12.5. The number of hydrogen-bond acceptors (Lipinski definition) is 3. The molecule has 2 N–H and O–H groups in total. The number of benzene rings is 1. The molecule has 4 heteroatoms. The third kappa shape index (κ3) is 3.35. The number of nitrogen functional groups attached to an aromatic ring is 1. The molecule has 0 spiro atoms. The average Bonchev–Trinajstić information content (AvgIpc) is 2.35. The summed E-state index contributed by atoms with van der Waals surface area (Å²) in [5.74, 6) is -0.257. The van der Waals surface area contributed by atoms with Gasteiger partial charge in [-0.2, -0.15) is 0 Å². The molecule has 1 unspecified atom stereocenters. The van der Waals surface area contributed by atoms with Crippen LogP contribution in [0.5, 0.6) is 0 Å². The molecule has 0 aliphatic heterocycles. The third-order valence-corrected chi connectivity index (χ3v) is 3.28. The van der Waals surface area contributed by atoms with E-state index in [0.29, 0.717) is 23.9 Å². The summed E-state index contributed by atoms with van der Waals surface area (Å²) in [5, 5.41) is 0. The van der Waals surface area contributed by atoms with Gasteiger partial charge in [0.1, 0.15) is 5.82 Å². The van der Waals surface area contributed by atoms with E-state index < -0.39 is 0 Å². The molecule has 102 valence electrons. The summed E-state index contributed by atoms with van der Waals surface area (Å²) in [6.07, 6.45) is 1.000. The minimum atomic E-state index is -0.257. The van der Waals surface area contributed by atoms with Crippen LogP contribution in [0, 0.1) is 12.7 Å². The quantitative estimate of drug-likeness (QED) is 0.793. The van der Waals surface area contributed by atoms with Crippen LogP contribution in [-0.4, -0.2) is 26.3 Å². The molecule has 0 saturated heterocycles. The summed E-state index contributed by atoms with van der Waals surface area (Å²) in [5.41, 5.74) is 7.92. The van der Waals surface area contributed by atoms with Crippen molar-refractivity contribution in [3.63, 3.8) is 0 Å². The van der Waals surface area contributed by atoms with Gasteiger partial charge >= 0.3 is 0 Å². The van der Waals surface area contributed by atoms with E-state index in [1.54, 1.807) is 14.0 Å². The Balaban J connectivity index is 3.07. The number of nitrogens with two attached hydrogens (primary N) is 1. The van der Waals surface area contributed by atoms with Crippen LogP contribution in [0.2, 0.25) is 0 Å². The Kier molecular flexibility index (Phi) is 5.41. The Hall–Kier alpha value is -1.29. The number of hydrogen-bond donors (Lipinski definition) is 1. The minimum Gasteiger partial charge on any atom is -0.397 e. The van der Waals surface area contributed by atoms with Crippen LogP contribution in [0.15, 0.2) is 12.1 Å². The molecule has 3 nitrogen and oxygen atoms in total. The number of halogens is 1. The van der Waals surface area contributed by atoms with E-state index in [9.17, 15) is 4.39 Å². The van der Waals surface area contributed by atoms with Gasteiger partial charge in [-0.3, -0.25) is 0 Å². The lowest BCUT2D eigenvalue weighted by molar-refractivity contribution is 0.203. The molecule has 0 aliphatic rings. The summed E-state index contributed by atoms with van der Waals surface area (Å²) in [4.78, 5) is 2.17. The van der Waals surface area contributed by atoms with Gasteiger partial charge in [0.05, 0.1) is 18.0 Å². The van der Waals surface area contributed by atoms with Crippen LogP contribution in [0.1, 0.15) is 25.8 Å². The zero-order chi connectivity index (χ0) is 13.7. The zero-order valence-electron chi connectivity index (χ0n) is 11.7. The lowest BCUT2D eigenvalue weighted by Gasteiger charge is -2.32. The predicted octanol–water partition coefficient (Wildman–Crippen LogP) is 2.97. The van der Waals surface area contributed by atoms with Crippen molar-refractivity contribution in [3.8, 4) is 0 Å². The first-order valence-electron chi connectivity index (χ1n) is 6.32. The van der Waals surface area contributed by atoms with Crippen molar-refractivity contribution in [3.05, 3.63) is 23.5 Å². The number of aryl methyl sites for hydroxylation is 1. The van der Waals surface area contributed by atoms with Crippen molar-refractivity contribution >= 4 is 11.4 Å². The van der Waals surface area contributed by atoms with Crippen molar-refractivity contribution in [1.82, 2.24) is 0 Å². The van der Waals surface area contributed by atoms with Crippen molar-refractivity contribution in [1.29, 1.82) is 0 Å². The Labute approximate surface area is 109 Å². The Morgan fingerprint density at radius 1 is 1.44 bits per heavy atom. The van der Waals surface area contributed by atoms with Gasteiger partial charge in [-0.1, -0.05) is 6.92 Å². The lowest BCUT2D eigenvalue weighted by Crippen LogP contribution is -2.36. The molecule has 18 heavy (non-hydrogen) atoms. The first kappa shape index (κ1) is 14.8. The Morgan fingerprint density at radius 3 is 2.67 bits per heavy atom. The third-order valence-electron chi connectivity index (χ3n) is 3.28. The number of anilines is 2. The second-order valence-corrected chi connectivity index (χ2v) is 4.60. The molecule has 0 amide bonds. The van der Waals surface area contributed by atoms with Crippen LogP contribution in [0.25, 0.3) is 0 Å². The van der Waals surface area contributed by atoms with Gasteiger partial charge in [0, 0.05) is 19.7 Å². The van der Waals surface area contributed by atoms with Gasteiger partial charge in [0.25, 0.3) is 0 Å². The van der Waals surface area contributed by atoms with Gasteiger partial charge < -0.3 is 15.4 Å². The van der Waals surface area contributed by atoms with Crippen molar-refractivity contribution in [2.24, 2.45) is 0 Å². The highest BCUT2D eigenvalue weighted by atomic mass is 19.1. The van der Waals surface area contributed by atoms with Gasteiger partial charge in [0.15, 0.2) is 0 Å². The van der Waals surface area contributed by atoms with Crippen LogP contribution in [-0.2, 0) is 4.74 Å². The second-order valence-electron chi connectivity index (χ2n) is 4.60. The number of rotatable bonds is 6. The van der Waals surface area contributed by atoms with Gasteiger partial charge in [0.2, 0.25) is 0 Å². The molecule has 0 aromatic heterocycles. The monoisotopic (exact) mass is 254 g/mol. The molecule has 0 aliphatic carbocycles. The molecule has 1 rings (SSSR count). The second kappa shape index (κ2) is 6.59. The molecular formula is C14H23FN2O. The van der Waals surface area contributed by atoms with Crippen LogP contribution in [0.3, 0.4) is 0 Å². The van der Waals surface area contributed by atoms with Crippen LogP contribution < -0.4 is 10.6 Å². The minimum absolute atomic E-state index is 0.257. The van der Waals surface area contributed by atoms with Crippen LogP contribution in [0.4, 0.5) is 15.8 Å². The first-order valence-corrected chi connectivity index (χ1v) is 6.32. The molecular weight excluding hydrogens is 231 g/mol. The summed E-state index contributed by atoms with van der Waals surface area (Å²) in [6.45, 7) is 7.38. The summed E-state index contributed by atoms with van der Waals surface area (Å²) in [7, 11) is 1.67. The smallest absolute Gasteiger partial charge is 0.128 e. The maximum Gasteiger partial charge on any atom is 0.128 e. The van der Waals surface area contributed by atoms with Crippen molar-refractivity contribution in [2.45, 2.75) is 33.2 Å². The number of methoxy groups -OCH3 is 1. The maximum absolute atomic E-state index is 13.4. The highest BCUT2D eigenvalue weighted by Crippen LogP contribution is 2.28. The largest absolute Gasteiger partial charge is 0.397 e. The maximum atomic E-state index is 13.4. The van der Waals surface area contributed by atoms with Gasteiger partial charge in [-0.15, -0.1) is 0 Å². The van der Waals surface area contributed by atoms with Crippen molar-refractivity contribution < 1.29 is 9.13 Å². The fourth-order valence-electron chi connectivity index (χ4n) is 1.92. The van der Waals surface area contributed by atoms with E-state index in [2.05, 4.69) is 18.7 Å². The summed E-state index contributed by atoms with van der Waals surface area (Å²) in [6, 6.07) is 3.55. The summed E-state index contributed by atoms with van der Waals surface area (Å²) < 4.78 is 18.6. The standard InChI is InChI=1S/C14H23FN2O/c1-5-11(3)17(6-7-18-4)14-8-10(2)12(15)9-13(14)16/h8-9,11H,5-7,16H2,1-4H3. The van der Waals surface area contributed by atoms with E-state index >= 15 is 0 Å². The fourth-order valence-corrected chi connectivity index (χ4v) is 1.92. The van der Waals surface area contributed by atoms with E-state index in [4.69, 9.17) is 10.5 Å². The highest BCUT2D eigenvalue weighted by molar-refractivity contribution is 5.69. The topological polar surface area (TPSA) is 38.5 Å². The van der Waals surface area contributed by atoms with E-state index in [1.807, 2.05) is 6.07 Å². The van der Waals surface area contributed by atoms with Gasteiger partial charge in [-0.25, -0.2) is 4.39 Å². The molecule has 1 aromatic carbocycles. The zero-order valence-corrected chi connectivity index (χ0v) is 11.7. The first-order chi connectivity index (χ1) is 8.51. The molecule has 1 aromatic rings. The van der Waals surface area contributed by atoms with E-state index in [0.717, 1.165) is 18.7 Å². The molecule has 0 saturated carbocycles. The lowest BCUT2D eigenvalue weighted by atomic mass is 10.1. The number of nitrogens with zero attached hydrogens (tertiary/aromatic N) is 1. The average molecular weight is 254 g/mol. The summed E-state index contributed by atoms with van der Waals surface area (Å²) >= 11 is 0. The predicted molar refractivity (Wildman–Crippen MR) is 74.5 cm³/mol. The Morgan fingerprint density at radius 2 is 2.11 bits per heavy atom. The van der Waals surface area contributed by atoms with E-state index in [1.165, 1.54) is 6.07 Å². The van der Waals surface area contributed by atoms with Crippen molar-refractivity contribution in [2.75, 3.05) is 30.9 Å². The molecule has 0 fully saturated rings. The Bertz CT molecular complexity index is 396. The van der Waals surface area contributed by atoms with E-state index in [-0.39, 0.29) is 5.82 Å². The SMILES string of the molecule is CCC(C)N(CCOC)c1cc(C)c(F)cc1N. The van der Waals surface area contributed by atoms with Crippen LogP contribution >= 0.6 is 0 Å². The molecule has 0 bridgehead atoms. The number of ether oxygens (including phenoxy) is 1. The molecule has 0 heterocycles. The molecule has 1 atom stereocenters. The fraction of sp³-hybridized carbons (Fsp3) is 0.571. The van der Waals surface area contributed by atoms with Gasteiger partial charge in [-0.05, 0) is 38.0 Å². The highest BCUT2D eigenvalue weighted by Gasteiger charge is 2.16. The molecule has 0 radical (unpaired) electrons.